The number of rotatable bonds is 6. The number of amides is 1. The van der Waals surface area contributed by atoms with Crippen molar-refractivity contribution in [2.24, 2.45) is 0 Å². The molecule has 0 radical (unpaired) electrons. The zero-order chi connectivity index (χ0) is 19.3. The molecule has 4 rings (SSSR count). The highest BCUT2D eigenvalue weighted by atomic mass is 16.1. The topological polar surface area (TPSA) is 77.6 Å². The van der Waals surface area contributed by atoms with Gasteiger partial charge in [-0.1, -0.05) is 43.3 Å². The van der Waals surface area contributed by atoms with Crippen LogP contribution in [0.1, 0.15) is 28.5 Å². The molecule has 1 aromatic carbocycles. The average molecular weight is 372 g/mol. The molecule has 1 amide bonds. The van der Waals surface area contributed by atoms with E-state index in [1.54, 1.807) is 28.0 Å². The molecule has 7 heteroatoms. The van der Waals surface area contributed by atoms with Crippen LogP contribution >= 0.6 is 0 Å². The molecule has 0 atom stereocenters. The van der Waals surface area contributed by atoms with Crippen molar-refractivity contribution in [3.05, 3.63) is 90.1 Å². The van der Waals surface area contributed by atoms with Crippen LogP contribution in [0.5, 0.6) is 0 Å². The maximum atomic E-state index is 12.8. The van der Waals surface area contributed by atoms with Crippen LogP contribution < -0.4 is 5.32 Å². The Labute approximate surface area is 162 Å². The quantitative estimate of drug-likeness (QED) is 0.563. The predicted molar refractivity (Wildman–Crippen MR) is 106 cm³/mol. The molecule has 7 nitrogen and oxygen atoms in total. The fourth-order valence-electron chi connectivity index (χ4n) is 3.06. The lowest BCUT2D eigenvalue weighted by atomic mass is 10.2. The summed E-state index contributed by atoms with van der Waals surface area (Å²) in [7, 11) is 0. The zero-order valence-electron chi connectivity index (χ0n) is 15.5. The highest BCUT2D eigenvalue weighted by molar-refractivity contribution is 6.04. The molecule has 0 saturated carbocycles. The van der Waals surface area contributed by atoms with Crippen LogP contribution in [0.4, 0.5) is 5.69 Å². The number of anilines is 1. The molecule has 28 heavy (non-hydrogen) atoms. The fourth-order valence-corrected chi connectivity index (χ4v) is 3.06. The summed E-state index contributed by atoms with van der Waals surface area (Å²) in [4.78, 5) is 17.1. The molecule has 0 spiro atoms. The fraction of sp³-hybridized carbons (Fsp3) is 0.143. The summed E-state index contributed by atoms with van der Waals surface area (Å²) < 4.78 is 3.50. The van der Waals surface area contributed by atoms with Crippen LogP contribution in [0.25, 0.3) is 5.82 Å². The normalized spacial score (nSPS) is 10.8. The van der Waals surface area contributed by atoms with Crippen molar-refractivity contribution in [2.45, 2.75) is 19.9 Å². The molecule has 1 N–H and O–H groups in total. The Morgan fingerprint density at radius 2 is 1.86 bits per heavy atom. The highest BCUT2D eigenvalue weighted by Crippen LogP contribution is 2.16. The van der Waals surface area contributed by atoms with Crippen molar-refractivity contribution >= 4 is 11.6 Å². The lowest BCUT2D eigenvalue weighted by Crippen LogP contribution is -2.14. The minimum atomic E-state index is -0.210. The van der Waals surface area contributed by atoms with Crippen LogP contribution in [0, 0.1) is 0 Å². The van der Waals surface area contributed by atoms with Gasteiger partial charge < -0.3 is 5.32 Å². The van der Waals surface area contributed by atoms with Crippen molar-refractivity contribution in [3.63, 3.8) is 0 Å². The van der Waals surface area contributed by atoms with E-state index in [1.807, 2.05) is 61.7 Å². The van der Waals surface area contributed by atoms with Crippen molar-refractivity contribution in [2.75, 3.05) is 5.32 Å². The molecular formula is C21H20N6O. The van der Waals surface area contributed by atoms with Gasteiger partial charge in [-0.2, -0.15) is 10.2 Å². The Kier molecular flexibility index (Phi) is 4.97. The van der Waals surface area contributed by atoms with E-state index in [0.717, 1.165) is 11.3 Å². The number of pyridine rings is 1. The average Bonchev–Trinajstić information content (AvgIpc) is 3.36. The van der Waals surface area contributed by atoms with Crippen molar-refractivity contribution in [1.29, 1.82) is 0 Å². The molecule has 4 aromatic rings. The Hall–Kier alpha value is -3.74. The molecule has 3 heterocycles. The summed E-state index contributed by atoms with van der Waals surface area (Å²) >= 11 is 0. The first kappa shape index (κ1) is 17.7. The number of carbonyl (C=O) groups is 1. The second kappa shape index (κ2) is 7.87. The van der Waals surface area contributed by atoms with Gasteiger partial charge in [0.05, 0.1) is 35.9 Å². The van der Waals surface area contributed by atoms with E-state index in [1.165, 1.54) is 0 Å². The van der Waals surface area contributed by atoms with Gasteiger partial charge in [0, 0.05) is 12.4 Å². The van der Waals surface area contributed by atoms with E-state index >= 15 is 0 Å². The van der Waals surface area contributed by atoms with E-state index in [9.17, 15) is 4.79 Å². The zero-order valence-corrected chi connectivity index (χ0v) is 15.5. The number of nitrogens with zero attached hydrogens (tertiary/aromatic N) is 5. The van der Waals surface area contributed by atoms with Gasteiger partial charge in [-0.15, -0.1) is 0 Å². The monoisotopic (exact) mass is 372 g/mol. The lowest BCUT2D eigenvalue weighted by molar-refractivity contribution is 0.102. The summed E-state index contributed by atoms with van der Waals surface area (Å²) in [6.45, 7) is 2.64. The SMILES string of the molecule is CCc1c(C(=O)Nc2cnn(Cc3ccccc3)c2)cnn1-c1ccccn1. The van der Waals surface area contributed by atoms with Gasteiger partial charge in [0.2, 0.25) is 0 Å². The first-order chi connectivity index (χ1) is 13.7. The summed E-state index contributed by atoms with van der Waals surface area (Å²) in [6.07, 6.45) is 7.41. The summed E-state index contributed by atoms with van der Waals surface area (Å²) in [5.41, 5.74) is 3.14. The highest BCUT2D eigenvalue weighted by Gasteiger charge is 2.18. The molecule has 0 saturated heterocycles. The summed E-state index contributed by atoms with van der Waals surface area (Å²) in [6, 6.07) is 15.7. The molecule has 3 aromatic heterocycles. The molecular weight excluding hydrogens is 352 g/mol. The number of nitrogens with one attached hydrogen (secondary N) is 1. The minimum absolute atomic E-state index is 0.210. The van der Waals surface area contributed by atoms with Gasteiger partial charge >= 0.3 is 0 Å². The standard InChI is InChI=1S/C21H20N6O/c1-2-19-18(13-24-27(19)20-10-6-7-11-22-20)21(28)25-17-12-23-26(15-17)14-16-8-4-3-5-9-16/h3-13,15H,2,14H2,1H3,(H,25,28). The third kappa shape index (κ3) is 3.68. The Balaban J connectivity index is 1.51. The van der Waals surface area contributed by atoms with Gasteiger partial charge in [-0.3, -0.25) is 9.48 Å². The maximum Gasteiger partial charge on any atom is 0.259 e. The molecule has 0 fully saturated rings. The Bertz CT molecular complexity index is 1070. The van der Waals surface area contributed by atoms with Gasteiger partial charge in [0.1, 0.15) is 0 Å². The first-order valence-corrected chi connectivity index (χ1v) is 9.10. The van der Waals surface area contributed by atoms with E-state index in [2.05, 4.69) is 20.5 Å². The number of hydrogen-bond acceptors (Lipinski definition) is 4. The molecule has 0 aliphatic heterocycles. The van der Waals surface area contributed by atoms with E-state index in [0.29, 0.717) is 30.0 Å². The van der Waals surface area contributed by atoms with E-state index in [4.69, 9.17) is 0 Å². The van der Waals surface area contributed by atoms with Gasteiger partial charge in [0.15, 0.2) is 5.82 Å². The van der Waals surface area contributed by atoms with Gasteiger partial charge in [-0.25, -0.2) is 9.67 Å². The molecule has 0 unspecified atom stereocenters. The van der Waals surface area contributed by atoms with Crippen LogP contribution in [0.3, 0.4) is 0 Å². The molecule has 0 aliphatic carbocycles. The van der Waals surface area contributed by atoms with Gasteiger partial charge in [0.25, 0.3) is 5.91 Å². The van der Waals surface area contributed by atoms with Crippen molar-refractivity contribution in [3.8, 4) is 5.82 Å². The minimum Gasteiger partial charge on any atom is -0.319 e. The van der Waals surface area contributed by atoms with E-state index < -0.39 is 0 Å². The number of aromatic nitrogens is 5. The van der Waals surface area contributed by atoms with Crippen LogP contribution in [-0.2, 0) is 13.0 Å². The molecule has 140 valence electrons. The van der Waals surface area contributed by atoms with Crippen LogP contribution in [-0.4, -0.2) is 30.5 Å². The number of hydrogen-bond donors (Lipinski definition) is 1. The summed E-state index contributed by atoms with van der Waals surface area (Å²) in [5.74, 6) is 0.479. The van der Waals surface area contributed by atoms with Crippen molar-refractivity contribution < 1.29 is 4.79 Å². The third-order valence-corrected chi connectivity index (χ3v) is 4.39. The Morgan fingerprint density at radius 3 is 2.61 bits per heavy atom. The largest absolute Gasteiger partial charge is 0.319 e. The lowest BCUT2D eigenvalue weighted by Gasteiger charge is -2.07. The molecule has 0 aliphatic rings. The van der Waals surface area contributed by atoms with Crippen LogP contribution in [0.15, 0.2) is 73.3 Å². The van der Waals surface area contributed by atoms with E-state index in [-0.39, 0.29) is 5.91 Å². The summed E-state index contributed by atoms with van der Waals surface area (Å²) in [5, 5.41) is 11.6. The third-order valence-electron chi connectivity index (χ3n) is 4.39. The van der Waals surface area contributed by atoms with Crippen LogP contribution in [0.2, 0.25) is 0 Å². The maximum absolute atomic E-state index is 12.8. The van der Waals surface area contributed by atoms with Gasteiger partial charge in [-0.05, 0) is 24.1 Å². The second-order valence-corrected chi connectivity index (χ2v) is 6.32. The number of benzene rings is 1. The predicted octanol–water partition coefficient (Wildman–Crippen LogP) is 3.33. The first-order valence-electron chi connectivity index (χ1n) is 9.10. The Morgan fingerprint density at radius 1 is 1.04 bits per heavy atom. The second-order valence-electron chi connectivity index (χ2n) is 6.32. The number of carbonyl (C=O) groups excluding carboxylic acids is 1. The smallest absolute Gasteiger partial charge is 0.259 e. The molecule has 0 bridgehead atoms. The van der Waals surface area contributed by atoms with Crippen molar-refractivity contribution in [1.82, 2.24) is 24.5 Å².